The van der Waals surface area contributed by atoms with Crippen molar-refractivity contribution in [3.05, 3.63) is 65.4 Å². The van der Waals surface area contributed by atoms with Crippen LogP contribution < -0.4 is 10.2 Å². The maximum Gasteiger partial charge on any atom is 0.332 e. The Morgan fingerprint density at radius 1 is 1.16 bits per heavy atom. The first-order chi connectivity index (χ1) is 15.4. The molecule has 0 unspecified atom stereocenters. The van der Waals surface area contributed by atoms with Gasteiger partial charge in [-0.3, -0.25) is 9.59 Å². The van der Waals surface area contributed by atoms with Crippen molar-refractivity contribution >= 4 is 34.4 Å². The second kappa shape index (κ2) is 7.22. The van der Waals surface area contributed by atoms with Crippen LogP contribution in [0.15, 0.2) is 48.5 Å². The number of hydrogen-bond acceptors (Lipinski definition) is 3. The predicted molar refractivity (Wildman–Crippen MR) is 123 cm³/mol. The molecule has 7 heteroatoms. The number of aromatic nitrogens is 1. The lowest BCUT2D eigenvalue weighted by Gasteiger charge is -2.35. The zero-order valence-electron chi connectivity index (χ0n) is 18.4. The van der Waals surface area contributed by atoms with E-state index in [4.69, 9.17) is 0 Å². The highest BCUT2D eigenvalue weighted by Crippen LogP contribution is 2.45. The van der Waals surface area contributed by atoms with Crippen LogP contribution in [0.2, 0.25) is 0 Å². The molecule has 0 bridgehead atoms. The minimum atomic E-state index is -1.15. The number of carbonyl (C=O) groups is 3. The Kier molecular flexibility index (Phi) is 4.58. The standard InChI is InChI=1S/C25H26N4O3/c1-4-15(2)26-22(30)18-10-6-8-12-20(18)29-23(31)25(3)21-17(13-14-28(25)24(29)32)16-9-5-7-11-19(16)27-21/h5-12,15,27H,4,13-14H2,1-3H3,(H,26,30)/t15-,25-/m0/s1. The summed E-state index contributed by atoms with van der Waals surface area (Å²) in [4.78, 5) is 46.5. The van der Waals surface area contributed by atoms with Crippen LogP contribution in [0.1, 0.15) is 48.8 Å². The first-order valence-electron chi connectivity index (χ1n) is 11.0. The molecule has 0 spiro atoms. The molecule has 0 radical (unpaired) electrons. The van der Waals surface area contributed by atoms with E-state index in [1.807, 2.05) is 38.1 Å². The van der Waals surface area contributed by atoms with Crippen molar-refractivity contribution in [3.63, 3.8) is 0 Å². The number of H-pyrrole nitrogens is 1. The van der Waals surface area contributed by atoms with Crippen LogP contribution >= 0.6 is 0 Å². The summed E-state index contributed by atoms with van der Waals surface area (Å²) in [5.74, 6) is -0.643. The van der Waals surface area contributed by atoms with Crippen LogP contribution in [0.3, 0.4) is 0 Å². The third kappa shape index (κ3) is 2.70. The highest BCUT2D eigenvalue weighted by molar-refractivity contribution is 6.25. The van der Waals surface area contributed by atoms with Crippen molar-refractivity contribution in [2.75, 3.05) is 11.4 Å². The molecule has 32 heavy (non-hydrogen) atoms. The average Bonchev–Trinajstić information content (AvgIpc) is 3.27. The molecule has 164 valence electrons. The number of rotatable bonds is 4. The van der Waals surface area contributed by atoms with Crippen LogP contribution in [0, 0.1) is 0 Å². The minimum Gasteiger partial charge on any atom is -0.356 e. The number of carbonyl (C=O) groups excluding carboxylic acids is 3. The van der Waals surface area contributed by atoms with E-state index in [9.17, 15) is 14.4 Å². The zero-order valence-corrected chi connectivity index (χ0v) is 18.4. The van der Waals surface area contributed by atoms with Gasteiger partial charge in [0.25, 0.3) is 11.8 Å². The fourth-order valence-corrected chi connectivity index (χ4v) is 4.87. The van der Waals surface area contributed by atoms with Gasteiger partial charge in [-0.25, -0.2) is 9.69 Å². The first kappa shape index (κ1) is 20.3. The monoisotopic (exact) mass is 430 g/mol. The highest BCUT2D eigenvalue weighted by Gasteiger charge is 2.59. The topological polar surface area (TPSA) is 85.5 Å². The number of nitrogens with one attached hydrogen (secondary N) is 2. The molecule has 2 aliphatic heterocycles. The van der Waals surface area contributed by atoms with Crippen LogP contribution in [-0.2, 0) is 16.8 Å². The molecular weight excluding hydrogens is 404 g/mol. The molecule has 1 aromatic heterocycles. The van der Waals surface area contributed by atoms with Crippen molar-refractivity contribution < 1.29 is 14.4 Å². The van der Waals surface area contributed by atoms with Crippen molar-refractivity contribution in [2.45, 2.75) is 45.2 Å². The van der Waals surface area contributed by atoms with Gasteiger partial charge in [0.15, 0.2) is 5.54 Å². The molecule has 2 aromatic carbocycles. The third-order valence-corrected chi connectivity index (χ3v) is 6.85. The molecule has 4 amide bonds. The Hall–Kier alpha value is -3.61. The van der Waals surface area contributed by atoms with Crippen LogP contribution in [0.5, 0.6) is 0 Å². The van der Waals surface area contributed by atoms with Gasteiger partial charge in [0.1, 0.15) is 0 Å². The molecule has 0 aliphatic carbocycles. The predicted octanol–water partition coefficient (Wildman–Crippen LogP) is 3.94. The molecule has 3 heterocycles. The van der Waals surface area contributed by atoms with Crippen molar-refractivity contribution in [3.8, 4) is 0 Å². The number of amides is 4. The molecule has 5 rings (SSSR count). The number of hydrogen-bond donors (Lipinski definition) is 2. The number of anilines is 1. The summed E-state index contributed by atoms with van der Waals surface area (Å²) in [6.45, 7) is 6.14. The Balaban J connectivity index is 1.61. The van der Waals surface area contributed by atoms with Gasteiger partial charge in [-0.05, 0) is 50.5 Å². The molecule has 2 atom stereocenters. The number of aromatic amines is 1. The highest BCUT2D eigenvalue weighted by atomic mass is 16.2. The van der Waals surface area contributed by atoms with Gasteiger partial charge in [-0.1, -0.05) is 37.3 Å². The van der Waals surface area contributed by atoms with Gasteiger partial charge in [-0.15, -0.1) is 0 Å². The third-order valence-electron chi connectivity index (χ3n) is 6.85. The fourth-order valence-electron chi connectivity index (χ4n) is 4.87. The van der Waals surface area contributed by atoms with E-state index >= 15 is 0 Å². The summed E-state index contributed by atoms with van der Waals surface area (Å²) in [6, 6.07) is 14.3. The Morgan fingerprint density at radius 2 is 1.88 bits per heavy atom. The summed E-state index contributed by atoms with van der Waals surface area (Å²) >= 11 is 0. The van der Waals surface area contributed by atoms with Crippen LogP contribution in [0.4, 0.5) is 10.5 Å². The Labute approximate surface area is 186 Å². The maximum atomic E-state index is 13.9. The summed E-state index contributed by atoms with van der Waals surface area (Å²) in [5.41, 5.74) is 2.26. The van der Waals surface area contributed by atoms with Crippen molar-refractivity contribution in [1.29, 1.82) is 0 Å². The average molecular weight is 431 g/mol. The molecule has 1 saturated heterocycles. The lowest BCUT2D eigenvalue weighted by atomic mass is 9.87. The van der Waals surface area contributed by atoms with Gasteiger partial charge in [0, 0.05) is 23.5 Å². The zero-order chi connectivity index (χ0) is 22.6. The van der Waals surface area contributed by atoms with E-state index in [1.54, 1.807) is 36.1 Å². The summed E-state index contributed by atoms with van der Waals surface area (Å²) in [6.07, 6.45) is 1.45. The molecular formula is C25H26N4O3. The van der Waals surface area contributed by atoms with Crippen LogP contribution in [0.25, 0.3) is 10.9 Å². The summed E-state index contributed by atoms with van der Waals surface area (Å²) in [5, 5.41) is 4.02. The lowest BCUT2D eigenvalue weighted by Crippen LogP contribution is -2.49. The second-order valence-electron chi connectivity index (χ2n) is 8.72. The normalized spacial score (nSPS) is 21.0. The first-order valence-corrected chi connectivity index (χ1v) is 11.0. The maximum absolute atomic E-state index is 13.9. The van der Waals surface area contributed by atoms with Gasteiger partial charge in [0.05, 0.1) is 16.9 Å². The molecule has 2 aliphatic rings. The van der Waals surface area contributed by atoms with E-state index in [1.165, 1.54) is 4.90 Å². The van der Waals surface area contributed by atoms with Crippen molar-refractivity contribution in [2.24, 2.45) is 0 Å². The lowest BCUT2D eigenvalue weighted by molar-refractivity contribution is -0.125. The van der Waals surface area contributed by atoms with E-state index in [2.05, 4.69) is 10.3 Å². The molecule has 1 fully saturated rings. The SMILES string of the molecule is CC[C@H](C)NC(=O)c1ccccc1N1C(=O)N2CCc3c([nH]c4ccccc34)[C@@]2(C)C1=O. The van der Waals surface area contributed by atoms with Gasteiger partial charge >= 0.3 is 6.03 Å². The molecule has 7 nitrogen and oxygen atoms in total. The van der Waals surface area contributed by atoms with Gasteiger partial charge < -0.3 is 15.2 Å². The summed E-state index contributed by atoms with van der Waals surface area (Å²) in [7, 11) is 0. The molecule has 3 aromatic rings. The van der Waals surface area contributed by atoms with Gasteiger partial charge in [-0.2, -0.15) is 0 Å². The summed E-state index contributed by atoms with van der Waals surface area (Å²) < 4.78 is 0. The fraction of sp³-hybridized carbons (Fsp3) is 0.320. The van der Waals surface area contributed by atoms with E-state index in [0.29, 0.717) is 24.2 Å². The Morgan fingerprint density at radius 3 is 2.66 bits per heavy atom. The van der Waals surface area contributed by atoms with E-state index in [0.717, 1.165) is 28.6 Å². The van der Waals surface area contributed by atoms with Crippen LogP contribution in [-0.4, -0.2) is 40.3 Å². The van der Waals surface area contributed by atoms with Crippen molar-refractivity contribution in [1.82, 2.24) is 15.2 Å². The quantitative estimate of drug-likeness (QED) is 0.615. The van der Waals surface area contributed by atoms with Gasteiger partial charge in [0.2, 0.25) is 0 Å². The largest absolute Gasteiger partial charge is 0.356 e. The van der Waals surface area contributed by atoms with E-state index < -0.39 is 11.6 Å². The van der Waals surface area contributed by atoms with E-state index in [-0.39, 0.29) is 17.9 Å². The number of benzene rings is 2. The smallest absolute Gasteiger partial charge is 0.332 e. The Bertz CT molecular complexity index is 1260. The molecule has 0 saturated carbocycles. The number of nitrogens with zero attached hydrogens (tertiary/aromatic N) is 2. The number of fused-ring (bicyclic) bond motifs is 5. The number of para-hydroxylation sites is 2. The minimum absolute atomic E-state index is 0.0155. The second-order valence-corrected chi connectivity index (χ2v) is 8.72. The number of urea groups is 1. The number of imide groups is 1. The molecule has 2 N–H and O–H groups in total.